The number of benzene rings is 1. The van der Waals surface area contributed by atoms with E-state index in [-0.39, 0.29) is 17.9 Å². The Hall–Kier alpha value is -2.81. The molecule has 30 heavy (non-hydrogen) atoms. The molecule has 0 atom stereocenters. The number of nitrogens with zero attached hydrogens (tertiary/aromatic N) is 5. The number of aromatic nitrogens is 4. The van der Waals surface area contributed by atoms with Gasteiger partial charge in [-0.2, -0.15) is 0 Å². The van der Waals surface area contributed by atoms with Gasteiger partial charge >= 0.3 is 0 Å². The molecule has 0 saturated heterocycles. The normalized spacial score (nSPS) is 18.8. The van der Waals surface area contributed by atoms with Crippen LogP contribution in [0.5, 0.6) is 0 Å². The van der Waals surface area contributed by atoms with Crippen LogP contribution in [0, 0.1) is 5.92 Å². The van der Waals surface area contributed by atoms with Gasteiger partial charge in [0.05, 0.1) is 6.20 Å². The summed E-state index contributed by atoms with van der Waals surface area (Å²) >= 11 is 3.48. The lowest BCUT2D eigenvalue weighted by Crippen LogP contribution is -2.35. The van der Waals surface area contributed by atoms with Gasteiger partial charge in [-0.15, -0.1) is 0 Å². The average molecular weight is 470 g/mol. The molecule has 3 aromatic rings. The highest BCUT2D eigenvalue weighted by Gasteiger charge is 2.27. The third kappa shape index (κ3) is 4.67. The molecule has 1 saturated carbocycles. The first-order valence-electron chi connectivity index (χ1n) is 9.97. The Morgan fingerprint density at radius 2 is 1.93 bits per heavy atom. The maximum atomic E-state index is 12.2. The molecular weight excluding hydrogens is 446 g/mol. The van der Waals surface area contributed by atoms with Crippen molar-refractivity contribution >= 4 is 50.3 Å². The van der Waals surface area contributed by atoms with Crippen LogP contribution in [0.15, 0.2) is 41.3 Å². The molecule has 0 aliphatic heterocycles. The van der Waals surface area contributed by atoms with Crippen LogP contribution in [0.3, 0.4) is 0 Å². The third-order valence-electron chi connectivity index (χ3n) is 5.32. The number of nitrogens with one attached hydrogen (secondary N) is 2. The number of hydrogen-bond donors (Lipinski definition) is 2. The molecule has 2 aromatic heterocycles. The summed E-state index contributed by atoms with van der Waals surface area (Å²) in [6, 6.07) is 8.11. The molecule has 0 spiro atoms. The summed E-state index contributed by atoms with van der Waals surface area (Å²) in [6.45, 7) is 0. The summed E-state index contributed by atoms with van der Waals surface area (Å²) in [7, 11) is 3.63. The quantitative estimate of drug-likeness (QED) is 0.582. The molecule has 2 N–H and O–H groups in total. The summed E-state index contributed by atoms with van der Waals surface area (Å²) < 4.78 is 0.978. The molecule has 1 aliphatic rings. The number of anilines is 3. The third-order valence-corrected chi connectivity index (χ3v) is 5.81. The van der Waals surface area contributed by atoms with Crippen molar-refractivity contribution in [2.45, 2.75) is 31.7 Å². The fourth-order valence-corrected chi connectivity index (χ4v) is 4.15. The predicted molar refractivity (Wildman–Crippen MR) is 121 cm³/mol. The number of amides is 1. The van der Waals surface area contributed by atoms with Crippen LogP contribution in [-0.4, -0.2) is 50.9 Å². The lowest BCUT2D eigenvalue weighted by molar-refractivity contribution is -0.133. The molecule has 0 radical (unpaired) electrons. The van der Waals surface area contributed by atoms with Crippen LogP contribution in [0.1, 0.15) is 25.7 Å². The van der Waals surface area contributed by atoms with E-state index in [1.807, 2.05) is 38.4 Å². The fraction of sp³-hybridized carbons (Fsp3) is 0.381. The second-order valence-corrected chi connectivity index (χ2v) is 8.63. The van der Waals surface area contributed by atoms with E-state index in [9.17, 15) is 4.79 Å². The van der Waals surface area contributed by atoms with Crippen molar-refractivity contribution < 1.29 is 4.79 Å². The maximum Gasteiger partial charge on any atom is 0.225 e. The van der Waals surface area contributed by atoms with E-state index in [1.54, 1.807) is 11.1 Å². The summed E-state index contributed by atoms with van der Waals surface area (Å²) in [5.74, 6) is 1.52. The van der Waals surface area contributed by atoms with Crippen molar-refractivity contribution in [2.24, 2.45) is 5.92 Å². The van der Waals surface area contributed by atoms with Crippen molar-refractivity contribution in [3.8, 4) is 0 Å². The van der Waals surface area contributed by atoms with Crippen molar-refractivity contribution in [3.63, 3.8) is 0 Å². The van der Waals surface area contributed by atoms with Crippen molar-refractivity contribution in [1.82, 2.24) is 24.8 Å². The lowest BCUT2D eigenvalue weighted by Gasteiger charge is -2.29. The molecule has 156 valence electrons. The summed E-state index contributed by atoms with van der Waals surface area (Å²) in [4.78, 5) is 31.6. The van der Waals surface area contributed by atoms with Crippen molar-refractivity contribution in [1.29, 1.82) is 0 Å². The van der Waals surface area contributed by atoms with Crippen LogP contribution in [0.25, 0.3) is 11.0 Å². The summed E-state index contributed by atoms with van der Waals surface area (Å²) in [6.07, 6.45) is 6.80. The first-order chi connectivity index (χ1) is 14.5. The zero-order valence-corrected chi connectivity index (χ0v) is 18.6. The molecule has 1 fully saturated rings. The summed E-state index contributed by atoms with van der Waals surface area (Å²) in [5.41, 5.74) is 2.24. The lowest BCUT2D eigenvalue weighted by atomic mass is 9.85. The van der Waals surface area contributed by atoms with Crippen molar-refractivity contribution in [2.75, 3.05) is 24.7 Å². The monoisotopic (exact) mass is 469 g/mol. The Morgan fingerprint density at radius 1 is 1.13 bits per heavy atom. The van der Waals surface area contributed by atoms with Gasteiger partial charge < -0.3 is 15.5 Å². The molecule has 1 amide bonds. The molecule has 9 heteroatoms. The zero-order chi connectivity index (χ0) is 21.1. The second kappa shape index (κ2) is 8.91. The van der Waals surface area contributed by atoms with E-state index < -0.39 is 0 Å². The predicted octanol–water partition coefficient (Wildman–Crippen LogP) is 3.98. The highest BCUT2D eigenvalue weighted by atomic mass is 79.9. The molecule has 4 rings (SSSR count). The Labute approximate surface area is 183 Å². The highest BCUT2D eigenvalue weighted by Crippen LogP contribution is 2.28. The number of halogens is 1. The number of carbonyl (C=O) groups is 1. The maximum absolute atomic E-state index is 12.2. The van der Waals surface area contributed by atoms with E-state index in [4.69, 9.17) is 0 Å². The number of fused-ring (bicyclic) bond motifs is 1. The smallest absolute Gasteiger partial charge is 0.225 e. The van der Waals surface area contributed by atoms with E-state index in [0.717, 1.165) is 35.8 Å². The molecule has 0 bridgehead atoms. The van der Waals surface area contributed by atoms with Crippen LogP contribution < -0.4 is 10.6 Å². The van der Waals surface area contributed by atoms with Crippen LogP contribution in [-0.2, 0) is 4.79 Å². The van der Waals surface area contributed by atoms with Gasteiger partial charge in [0.1, 0.15) is 17.4 Å². The minimum Gasteiger partial charge on any atom is -0.351 e. The van der Waals surface area contributed by atoms with Gasteiger partial charge in [0.25, 0.3) is 0 Å². The van der Waals surface area contributed by atoms with E-state index in [0.29, 0.717) is 22.8 Å². The SMILES string of the molecule is CN(C)C(=O)[C@H]1CC[C@H](Nc2ncc3ncnc(Nc4cccc(Br)c4)c3n2)CC1. The first-order valence-corrected chi connectivity index (χ1v) is 10.8. The van der Waals surface area contributed by atoms with E-state index in [2.05, 4.69) is 46.5 Å². The Morgan fingerprint density at radius 3 is 2.67 bits per heavy atom. The van der Waals surface area contributed by atoms with Crippen LogP contribution in [0.4, 0.5) is 17.5 Å². The van der Waals surface area contributed by atoms with Gasteiger partial charge in [-0.05, 0) is 43.9 Å². The fourth-order valence-electron chi connectivity index (χ4n) is 3.75. The highest BCUT2D eigenvalue weighted by molar-refractivity contribution is 9.10. The van der Waals surface area contributed by atoms with Gasteiger partial charge in [-0.3, -0.25) is 4.79 Å². The first kappa shape index (κ1) is 20.5. The summed E-state index contributed by atoms with van der Waals surface area (Å²) in [5, 5.41) is 6.73. The molecular formula is C21H24BrN7O. The Kier molecular flexibility index (Phi) is 6.08. The zero-order valence-electron chi connectivity index (χ0n) is 17.0. The molecule has 2 heterocycles. The molecule has 8 nitrogen and oxygen atoms in total. The van der Waals surface area contributed by atoms with Crippen molar-refractivity contribution in [3.05, 3.63) is 41.3 Å². The number of hydrogen-bond acceptors (Lipinski definition) is 7. The van der Waals surface area contributed by atoms with E-state index in [1.165, 1.54) is 6.33 Å². The minimum absolute atomic E-state index is 0.116. The Balaban J connectivity index is 1.49. The topological polar surface area (TPSA) is 95.9 Å². The van der Waals surface area contributed by atoms with Gasteiger partial charge in [0.2, 0.25) is 11.9 Å². The number of carbonyl (C=O) groups excluding carboxylic acids is 1. The van der Waals surface area contributed by atoms with Gasteiger partial charge in [-0.1, -0.05) is 22.0 Å². The van der Waals surface area contributed by atoms with Gasteiger partial charge in [0.15, 0.2) is 5.82 Å². The van der Waals surface area contributed by atoms with Gasteiger partial charge in [-0.25, -0.2) is 19.9 Å². The molecule has 0 unspecified atom stereocenters. The number of rotatable bonds is 5. The van der Waals surface area contributed by atoms with Crippen LogP contribution >= 0.6 is 15.9 Å². The minimum atomic E-state index is 0.116. The van der Waals surface area contributed by atoms with E-state index >= 15 is 0 Å². The largest absolute Gasteiger partial charge is 0.351 e. The second-order valence-electron chi connectivity index (χ2n) is 7.71. The average Bonchev–Trinajstić information content (AvgIpc) is 2.74. The van der Waals surface area contributed by atoms with Crippen LogP contribution in [0.2, 0.25) is 0 Å². The molecule has 1 aromatic carbocycles. The molecule has 1 aliphatic carbocycles. The standard InChI is InChI=1S/C21H24BrN7O/c1-29(2)20(30)13-6-8-15(9-7-13)27-21-23-11-17-18(28-21)19(25-12-24-17)26-16-5-3-4-14(22)10-16/h3-5,10-13,15H,6-9H2,1-2H3,(H,23,27,28)(H,24,25,26)/t13-,15-. The van der Waals surface area contributed by atoms with Gasteiger partial charge in [0, 0.05) is 36.2 Å². The Bertz CT molecular complexity index is 1050.